The molecule has 1 amide bonds. The molecule has 5 atom stereocenters. The van der Waals surface area contributed by atoms with Crippen LogP contribution in [0.5, 0.6) is 5.75 Å². The van der Waals surface area contributed by atoms with Gasteiger partial charge in [0, 0.05) is 25.2 Å². The van der Waals surface area contributed by atoms with E-state index in [1.807, 2.05) is 56.3 Å². The SMILES string of the molecule is CC(C)CN(C[C@@H](O)[C@H](Cc1ccc(OCc2ccccc2)cc1)NC(=O)O[C@H]1CO[C@H]2OCC[C@H]21)S(=O)(=O)c1ccc([N+](=O)[O-])cc1. The number of sulfonamides is 1. The molecular formula is C34H41N3O10S. The Morgan fingerprint density at radius 1 is 1.02 bits per heavy atom. The van der Waals surface area contributed by atoms with Crippen LogP contribution in [0.3, 0.4) is 0 Å². The summed E-state index contributed by atoms with van der Waals surface area (Å²) in [5, 5.41) is 25.5. The Kier molecular flexibility index (Phi) is 11.7. The van der Waals surface area contributed by atoms with Gasteiger partial charge in [0.1, 0.15) is 18.5 Å². The van der Waals surface area contributed by atoms with Crippen molar-refractivity contribution in [1.82, 2.24) is 9.62 Å². The van der Waals surface area contributed by atoms with Gasteiger partial charge in [0.05, 0.1) is 41.1 Å². The van der Waals surface area contributed by atoms with Crippen LogP contribution < -0.4 is 10.1 Å². The van der Waals surface area contributed by atoms with Crippen molar-refractivity contribution in [3.63, 3.8) is 0 Å². The molecule has 2 aliphatic heterocycles. The lowest BCUT2D eigenvalue weighted by Crippen LogP contribution is -2.51. The molecule has 0 aromatic heterocycles. The smallest absolute Gasteiger partial charge is 0.407 e. The molecule has 258 valence electrons. The molecule has 0 radical (unpaired) electrons. The summed E-state index contributed by atoms with van der Waals surface area (Å²) >= 11 is 0. The van der Waals surface area contributed by atoms with Crippen LogP contribution in [0.15, 0.2) is 83.8 Å². The average molecular weight is 684 g/mol. The van der Waals surface area contributed by atoms with E-state index < -0.39 is 45.6 Å². The average Bonchev–Trinajstić information content (AvgIpc) is 3.69. The normalized spacial score (nSPS) is 20.3. The molecule has 3 aromatic carbocycles. The van der Waals surface area contributed by atoms with Crippen LogP contribution in [-0.4, -0.2) is 79.7 Å². The highest BCUT2D eigenvalue weighted by Gasteiger charge is 2.44. The van der Waals surface area contributed by atoms with Crippen molar-refractivity contribution in [2.45, 2.75) is 62.7 Å². The first-order valence-corrected chi connectivity index (χ1v) is 17.3. The zero-order chi connectivity index (χ0) is 34.3. The maximum Gasteiger partial charge on any atom is 0.407 e. The molecule has 0 spiro atoms. The number of aliphatic hydroxyl groups excluding tert-OH is 1. The molecule has 48 heavy (non-hydrogen) atoms. The van der Waals surface area contributed by atoms with Crippen molar-refractivity contribution >= 4 is 21.8 Å². The van der Waals surface area contributed by atoms with E-state index in [0.29, 0.717) is 25.4 Å². The van der Waals surface area contributed by atoms with Crippen molar-refractivity contribution in [2.24, 2.45) is 11.8 Å². The van der Waals surface area contributed by atoms with Gasteiger partial charge < -0.3 is 29.4 Å². The quantitative estimate of drug-likeness (QED) is 0.174. The van der Waals surface area contributed by atoms with Crippen molar-refractivity contribution in [1.29, 1.82) is 0 Å². The van der Waals surface area contributed by atoms with Gasteiger partial charge in [-0.2, -0.15) is 4.31 Å². The van der Waals surface area contributed by atoms with Gasteiger partial charge in [-0.1, -0.05) is 56.3 Å². The largest absolute Gasteiger partial charge is 0.489 e. The summed E-state index contributed by atoms with van der Waals surface area (Å²) in [7, 11) is -4.17. The van der Waals surface area contributed by atoms with E-state index in [9.17, 15) is 28.4 Å². The number of nitrogens with one attached hydrogen (secondary N) is 1. The number of amides is 1. The maximum absolute atomic E-state index is 13.7. The maximum atomic E-state index is 13.7. The zero-order valence-electron chi connectivity index (χ0n) is 26.8. The molecule has 0 bridgehead atoms. The summed E-state index contributed by atoms with van der Waals surface area (Å²) < 4.78 is 51.3. The summed E-state index contributed by atoms with van der Waals surface area (Å²) in [6.45, 7) is 4.47. The van der Waals surface area contributed by atoms with Crippen molar-refractivity contribution < 1.29 is 42.2 Å². The third-order valence-electron chi connectivity index (χ3n) is 8.28. The minimum Gasteiger partial charge on any atom is -0.489 e. The number of nitro benzene ring substituents is 1. The van der Waals surface area contributed by atoms with Crippen LogP contribution in [0.4, 0.5) is 10.5 Å². The molecule has 2 aliphatic rings. The number of carbonyl (C=O) groups is 1. The second-order valence-electron chi connectivity index (χ2n) is 12.4. The Balaban J connectivity index is 1.32. The van der Waals surface area contributed by atoms with Crippen molar-refractivity contribution in [3.8, 4) is 5.75 Å². The second-order valence-corrected chi connectivity index (χ2v) is 14.3. The Labute approximate surface area is 280 Å². The number of alkyl carbamates (subject to hydrolysis) is 1. The molecule has 14 heteroatoms. The summed E-state index contributed by atoms with van der Waals surface area (Å²) in [5.41, 5.74) is 1.53. The van der Waals surface area contributed by atoms with E-state index in [-0.39, 0.29) is 48.5 Å². The number of non-ortho nitro benzene ring substituents is 1. The Bertz CT molecular complexity index is 1620. The number of fused-ring (bicyclic) bond motifs is 1. The standard InChI is InChI=1S/C34H41N3O10S/c1-23(2)19-36(48(42,43)28-14-10-26(11-15-28)37(40)41)20-31(38)30(35-34(39)47-32-22-46-33-29(32)16-17-44-33)18-24-8-12-27(13-9-24)45-21-25-6-4-3-5-7-25/h3-15,23,29-33,38H,16-22H2,1-2H3,(H,35,39)/t29-,30-,31+,32-,33+/m0/s1. The minimum atomic E-state index is -4.17. The van der Waals surface area contributed by atoms with Gasteiger partial charge in [-0.05, 0) is 54.2 Å². The van der Waals surface area contributed by atoms with Crippen LogP contribution >= 0.6 is 0 Å². The van der Waals surface area contributed by atoms with Crippen LogP contribution in [0.25, 0.3) is 0 Å². The van der Waals surface area contributed by atoms with Crippen LogP contribution in [-0.2, 0) is 37.3 Å². The molecule has 2 heterocycles. The van der Waals surface area contributed by atoms with Crippen LogP contribution in [0.2, 0.25) is 0 Å². The lowest BCUT2D eigenvalue weighted by Gasteiger charge is -2.31. The molecule has 0 aliphatic carbocycles. The Hall–Kier alpha value is -4.08. The van der Waals surface area contributed by atoms with E-state index in [2.05, 4.69) is 5.32 Å². The highest BCUT2D eigenvalue weighted by atomic mass is 32.2. The number of carbonyl (C=O) groups excluding carboxylic acids is 1. The fourth-order valence-electron chi connectivity index (χ4n) is 5.77. The number of hydrogen-bond donors (Lipinski definition) is 2. The first-order chi connectivity index (χ1) is 23.0. The Morgan fingerprint density at radius 3 is 2.40 bits per heavy atom. The lowest BCUT2D eigenvalue weighted by molar-refractivity contribution is -0.384. The Morgan fingerprint density at radius 2 is 1.73 bits per heavy atom. The number of nitro groups is 1. The summed E-state index contributed by atoms with van der Waals surface area (Å²) in [4.78, 5) is 23.6. The van der Waals surface area contributed by atoms with Gasteiger partial charge in [-0.25, -0.2) is 13.2 Å². The topological polar surface area (TPSA) is 167 Å². The van der Waals surface area contributed by atoms with Crippen molar-refractivity contribution in [3.05, 3.63) is 100 Å². The van der Waals surface area contributed by atoms with E-state index in [1.165, 1.54) is 12.1 Å². The first kappa shape index (κ1) is 35.2. The predicted molar refractivity (Wildman–Crippen MR) is 175 cm³/mol. The summed E-state index contributed by atoms with van der Waals surface area (Å²) in [6.07, 6.45) is -2.22. The number of hydrogen-bond acceptors (Lipinski definition) is 10. The molecule has 2 N–H and O–H groups in total. The van der Waals surface area contributed by atoms with Gasteiger partial charge in [0.2, 0.25) is 10.0 Å². The summed E-state index contributed by atoms with van der Waals surface area (Å²) in [6, 6.07) is 20.6. The van der Waals surface area contributed by atoms with Gasteiger partial charge in [-0.15, -0.1) is 0 Å². The van der Waals surface area contributed by atoms with Gasteiger partial charge in [0.25, 0.3) is 5.69 Å². The van der Waals surface area contributed by atoms with Gasteiger partial charge in [0.15, 0.2) is 6.29 Å². The van der Waals surface area contributed by atoms with Crippen molar-refractivity contribution in [2.75, 3.05) is 26.3 Å². The monoisotopic (exact) mass is 683 g/mol. The van der Waals surface area contributed by atoms with E-state index in [4.69, 9.17) is 18.9 Å². The molecule has 0 unspecified atom stereocenters. The number of ether oxygens (including phenoxy) is 4. The van der Waals surface area contributed by atoms with Crippen LogP contribution in [0, 0.1) is 22.0 Å². The first-order valence-electron chi connectivity index (χ1n) is 15.9. The fraction of sp³-hybridized carbons (Fsp3) is 0.441. The zero-order valence-corrected chi connectivity index (χ0v) is 27.7. The number of benzene rings is 3. The third-order valence-corrected chi connectivity index (χ3v) is 10.1. The molecular weight excluding hydrogens is 642 g/mol. The molecule has 2 fully saturated rings. The highest BCUT2D eigenvalue weighted by Crippen LogP contribution is 2.33. The second kappa shape index (κ2) is 15.9. The number of nitrogens with zero attached hydrogens (tertiary/aromatic N) is 2. The predicted octanol–water partition coefficient (Wildman–Crippen LogP) is 4.28. The number of aliphatic hydroxyl groups is 1. The number of rotatable bonds is 15. The molecule has 0 saturated carbocycles. The lowest BCUT2D eigenvalue weighted by atomic mass is 10.0. The van der Waals surface area contributed by atoms with Crippen LogP contribution in [0.1, 0.15) is 31.4 Å². The molecule has 13 nitrogen and oxygen atoms in total. The third kappa shape index (κ3) is 9.08. The van der Waals surface area contributed by atoms with E-state index >= 15 is 0 Å². The van der Waals surface area contributed by atoms with E-state index in [1.54, 1.807) is 12.1 Å². The van der Waals surface area contributed by atoms with Gasteiger partial charge >= 0.3 is 6.09 Å². The van der Waals surface area contributed by atoms with E-state index in [0.717, 1.165) is 27.6 Å². The molecule has 5 rings (SSSR count). The van der Waals surface area contributed by atoms with Gasteiger partial charge in [-0.3, -0.25) is 10.1 Å². The molecule has 2 saturated heterocycles. The summed E-state index contributed by atoms with van der Waals surface area (Å²) in [5.74, 6) is 0.434. The minimum absolute atomic E-state index is 0.0590. The highest BCUT2D eigenvalue weighted by molar-refractivity contribution is 7.89. The molecule has 3 aromatic rings. The fourth-order valence-corrected chi connectivity index (χ4v) is 7.39.